The fourth-order valence-corrected chi connectivity index (χ4v) is 8.14. The van der Waals surface area contributed by atoms with Crippen molar-refractivity contribution in [3.05, 3.63) is 36.5 Å². The summed E-state index contributed by atoms with van der Waals surface area (Å²) in [6.45, 7) is 28.0. The number of quaternary nitrogens is 2. The predicted octanol–water partition coefficient (Wildman–Crippen LogP) is 7.11. The number of aliphatic carboxylic acids is 3. The van der Waals surface area contributed by atoms with Gasteiger partial charge in [0.2, 0.25) is 20.8 Å². The van der Waals surface area contributed by atoms with Gasteiger partial charge in [0.05, 0.1) is 65.6 Å². The normalized spacial score (nSPS) is 13.3. The van der Waals surface area contributed by atoms with Crippen molar-refractivity contribution >= 4 is 38.7 Å². The van der Waals surface area contributed by atoms with Crippen LogP contribution in [0.3, 0.4) is 0 Å². The zero-order valence-corrected chi connectivity index (χ0v) is 44.3. The lowest BCUT2D eigenvalue weighted by Crippen LogP contribution is -2.50. The van der Waals surface area contributed by atoms with Gasteiger partial charge in [-0.1, -0.05) is 125 Å². The Morgan fingerprint density at radius 3 is 0.794 bits per heavy atom. The number of unbranched alkanes of at least 4 members (excludes halogenated alkanes) is 8. The highest BCUT2D eigenvalue weighted by molar-refractivity contribution is 7.83. The first-order chi connectivity index (χ1) is 31.9. The maximum atomic E-state index is 10.8. The Bertz CT molecular complexity index is 1400. The number of aliphatic hydroxyl groups excluding tert-OH is 3. The molecular formula is C47H92N2O17S2. The molecule has 404 valence electrons. The molecule has 0 aromatic heterocycles. The molecular weight excluding hydrogens is 929 g/mol. The number of hydrogen-bond donors (Lipinski definition) is 6. The van der Waals surface area contributed by atoms with Crippen LogP contribution < -0.4 is 0 Å². The highest BCUT2D eigenvalue weighted by Crippen LogP contribution is 2.46. The van der Waals surface area contributed by atoms with Crippen LogP contribution in [0.1, 0.15) is 165 Å². The van der Waals surface area contributed by atoms with E-state index in [1.807, 2.05) is 0 Å². The predicted molar refractivity (Wildman–Crippen MR) is 261 cm³/mol. The van der Waals surface area contributed by atoms with Crippen LogP contribution in [-0.2, 0) is 43.8 Å². The molecule has 0 saturated carbocycles. The first-order valence-electron chi connectivity index (χ1n) is 24.5. The highest BCUT2D eigenvalue weighted by atomic mass is 32.3. The Morgan fingerprint density at radius 1 is 0.456 bits per heavy atom. The number of nitrogens with zero attached hydrogens (tertiary/aromatic N) is 2. The van der Waals surface area contributed by atoms with Crippen molar-refractivity contribution in [1.82, 2.24) is 0 Å². The number of hydrogen-bond acceptors (Lipinski definition) is 14. The van der Waals surface area contributed by atoms with Crippen LogP contribution in [0, 0.1) is 10.8 Å². The number of aliphatic hydroxyl groups is 3. The summed E-state index contributed by atoms with van der Waals surface area (Å²) in [7, 11) is -10.6. The van der Waals surface area contributed by atoms with Gasteiger partial charge in [0.15, 0.2) is 0 Å². The van der Waals surface area contributed by atoms with Gasteiger partial charge >= 0.3 is 17.9 Å². The van der Waals surface area contributed by atoms with Crippen molar-refractivity contribution in [1.29, 1.82) is 0 Å². The molecule has 0 bridgehead atoms. The Hall–Kier alpha value is -2.83. The number of rotatable bonds is 38. The molecule has 0 radical (unpaired) electrons. The first-order valence-corrected chi connectivity index (χ1v) is 27.1. The standard InChI is InChI=1S/2C16H36N.C15H20O9.H2O8S2/c2*1-5-9-13-17(14-10-6-2,15-11-7-3)16-12-8-4;16-8-7-15(9-17,10-18)14(4-1-11(19)20,5-2-12(21)22)6-3-13(23)24;1-9(2,3)7-8-10(4,5)6/h2*5-16H2,1-4H3;1-6,16-18H,7-10H2,(H,19,20)(H,21,22)(H,23,24);(H,1,2,3)(H,4,5,6)/q2*+1;;/p-2. The van der Waals surface area contributed by atoms with E-state index in [-0.39, 0.29) is 6.42 Å². The molecule has 19 nitrogen and oxygen atoms in total. The molecule has 0 aromatic rings. The van der Waals surface area contributed by atoms with Gasteiger partial charge in [-0.25, -0.2) is 31.2 Å². The van der Waals surface area contributed by atoms with E-state index in [0.29, 0.717) is 18.2 Å². The summed E-state index contributed by atoms with van der Waals surface area (Å²) in [4.78, 5) is 32.5. The maximum Gasteiger partial charge on any atom is 0.328 e. The van der Waals surface area contributed by atoms with Crippen molar-refractivity contribution in [3.63, 3.8) is 0 Å². The minimum absolute atomic E-state index is 0.252. The monoisotopic (exact) mass is 1020 g/mol. The van der Waals surface area contributed by atoms with Crippen LogP contribution in [-0.4, -0.2) is 156 Å². The Labute approximate surface area is 409 Å². The Morgan fingerprint density at radius 2 is 0.662 bits per heavy atom. The van der Waals surface area contributed by atoms with Crippen LogP contribution in [0.4, 0.5) is 0 Å². The molecule has 0 aliphatic carbocycles. The third-order valence-corrected chi connectivity index (χ3v) is 12.3. The quantitative estimate of drug-likeness (QED) is 0.00896. The zero-order valence-electron chi connectivity index (χ0n) is 42.6. The van der Waals surface area contributed by atoms with Gasteiger partial charge in [-0.2, -0.15) is 0 Å². The molecule has 6 N–H and O–H groups in total. The third-order valence-electron chi connectivity index (χ3n) is 11.7. The van der Waals surface area contributed by atoms with Crippen molar-refractivity contribution in [2.45, 2.75) is 165 Å². The molecule has 0 atom stereocenters. The average Bonchev–Trinajstić information content (AvgIpc) is 3.29. The topological polar surface area (TPSA) is 305 Å². The number of carboxylic acid groups (broad SMARTS) is 3. The number of allylic oxidation sites excluding steroid dienone is 3. The second-order valence-corrected chi connectivity index (χ2v) is 19.2. The molecule has 0 saturated heterocycles. The molecule has 68 heavy (non-hydrogen) atoms. The van der Waals surface area contributed by atoms with Gasteiger partial charge in [0.1, 0.15) is 0 Å². The lowest BCUT2D eigenvalue weighted by molar-refractivity contribution is -0.929. The summed E-state index contributed by atoms with van der Waals surface area (Å²) in [6.07, 6.45) is 26.6. The largest absolute Gasteiger partial charge is 0.724 e. The zero-order chi connectivity index (χ0) is 53.2. The maximum absolute atomic E-state index is 10.8. The molecule has 0 fully saturated rings. The van der Waals surface area contributed by atoms with E-state index in [4.69, 9.17) is 15.3 Å². The van der Waals surface area contributed by atoms with Crippen LogP contribution in [0.15, 0.2) is 36.5 Å². The average molecular weight is 1020 g/mol. The fourth-order valence-electron chi connectivity index (χ4n) is 7.59. The molecule has 0 unspecified atom stereocenters. The minimum Gasteiger partial charge on any atom is -0.724 e. The van der Waals surface area contributed by atoms with Crippen molar-refractivity contribution < 1.29 is 88.6 Å². The Balaban J connectivity index is -0.000000418. The summed E-state index contributed by atoms with van der Waals surface area (Å²) in [6, 6.07) is 0. The van der Waals surface area contributed by atoms with Crippen molar-refractivity contribution in [3.8, 4) is 0 Å². The van der Waals surface area contributed by atoms with E-state index in [0.717, 1.165) is 18.2 Å². The third kappa shape index (κ3) is 37.1. The summed E-state index contributed by atoms with van der Waals surface area (Å²) in [5.74, 6) is -4.21. The Kier molecular flexibility index (Phi) is 44.2. The van der Waals surface area contributed by atoms with Crippen LogP contribution >= 0.6 is 0 Å². The van der Waals surface area contributed by atoms with E-state index in [1.165, 1.54) is 164 Å². The molecule has 0 aliphatic rings. The van der Waals surface area contributed by atoms with E-state index < -0.39 is 69.4 Å². The summed E-state index contributed by atoms with van der Waals surface area (Å²) < 4.78 is 64.3. The lowest BCUT2D eigenvalue weighted by Gasteiger charge is -2.43. The van der Waals surface area contributed by atoms with Gasteiger partial charge in [0, 0.05) is 35.7 Å². The van der Waals surface area contributed by atoms with Gasteiger partial charge < -0.3 is 48.7 Å². The molecule has 0 amide bonds. The molecule has 21 heteroatoms. The van der Waals surface area contributed by atoms with Crippen LogP contribution in [0.25, 0.3) is 0 Å². The van der Waals surface area contributed by atoms with Gasteiger partial charge in [-0.05, 0) is 57.8 Å². The van der Waals surface area contributed by atoms with Crippen molar-refractivity contribution in [2.24, 2.45) is 10.8 Å². The number of carboxylic acids is 3. The fraction of sp³-hybridized carbons (Fsp3) is 0.809. The van der Waals surface area contributed by atoms with Crippen LogP contribution in [0.2, 0.25) is 0 Å². The van der Waals surface area contributed by atoms with Gasteiger partial charge in [0.25, 0.3) is 0 Å². The summed E-state index contributed by atoms with van der Waals surface area (Å²) >= 11 is 0. The summed E-state index contributed by atoms with van der Waals surface area (Å²) in [5, 5.41) is 55.2. The molecule has 0 rings (SSSR count). The molecule has 0 heterocycles. The minimum atomic E-state index is -5.31. The smallest absolute Gasteiger partial charge is 0.328 e. The van der Waals surface area contributed by atoms with E-state index in [2.05, 4.69) is 64.1 Å². The van der Waals surface area contributed by atoms with E-state index in [9.17, 15) is 55.6 Å². The van der Waals surface area contributed by atoms with Gasteiger partial charge in [-0.3, -0.25) is 0 Å². The highest BCUT2D eigenvalue weighted by Gasteiger charge is 2.46. The summed E-state index contributed by atoms with van der Waals surface area (Å²) in [5.41, 5.74) is -3.42. The van der Waals surface area contributed by atoms with Crippen LogP contribution in [0.5, 0.6) is 0 Å². The second kappa shape index (κ2) is 41.9. The van der Waals surface area contributed by atoms with E-state index >= 15 is 0 Å². The van der Waals surface area contributed by atoms with Crippen molar-refractivity contribution in [2.75, 3.05) is 72.2 Å². The first kappa shape index (κ1) is 71.7. The van der Waals surface area contributed by atoms with E-state index in [1.54, 1.807) is 0 Å². The number of carbonyl (C=O) groups is 3. The molecule has 0 aromatic carbocycles. The molecule has 0 spiro atoms. The lowest BCUT2D eigenvalue weighted by atomic mass is 9.61. The molecule has 0 aliphatic heterocycles. The second-order valence-electron chi connectivity index (χ2n) is 17.3. The SMILES string of the molecule is CCCC[N+](CCCC)(CCCC)CCCC.CCCC[N+](CCCC)(CCCC)CCCC.O=C(O)C=CC(C=CC(=O)O)(C=CC(=O)O)C(CO)(CO)CCO.O=S(=O)([O-])OOS(=O)(=O)[O-]. The van der Waals surface area contributed by atoms with Gasteiger partial charge in [-0.15, -0.1) is 8.67 Å².